The van der Waals surface area contributed by atoms with Crippen molar-refractivity contribution in [3.8, 4) is 11.5 Å². The highest BCUT2D eigenvalue weighted by atomic mass is 16.4. The second-order valence-electron chi connectivity index (χ2n) is 9.00. The first-order valence-corrected chi connectivity index (χ1v) is 10.1. The highest BCUT2D eigenvalue weighted by molar-refractivity contribution is 5.94. The molecule has 1 aromatic rings. The van der Waals surface area contributed by atoms with E-state index in [0.29, 0.717) is 17.5 Å². The molecule has 0 radical (unpaired) electrons. The minimum absolute atomic E-state index is 0.00852. The SMILES string of the molecule is CCCCCc1cc(O)c(C2C=C(C)CCC2C(C)(C)C)c(O)c1C(=O)O. The lowest BCUT2D eigenvalue weighted by Crippen LogP contribution is -2.29. The van der Waals surface area contributed by atoms with E-state index in [0.717, 1.165) is 32.1 Å². The van der Waals surface area contributed by atoms with Gasteiger partial charge in [-0.1, -0.05) is 52.2 Å². The van der Waals surface area contributed by atoms with E-state index in [4.69, 9.17) is 0 Å². The Kier molecular flexibility index (Phi) is 6.61. The molecule has 2 rings (SSSR count). The summed E-state index contributed by atoms with van der Waals surface area (Å²) in [6.07, 6.45) is 7.42. The maximum atomic E-state index is 11.9. The molecular weight excluding hydrogens is 340 g/mol. The number of carboxylic acids is 1. The molecule has 1 aromatic carbocycles. The topological polar surface area (TPSA) is 77.8 Å². The molecule has 150 valence electrons. The van der Waals surface area contributed by atoms with E-state index in [2.05, 4.69) is 40.7 Å². The van der Waals surface area contributed by atoms with Crippen LogP contribution in [0.15, 0.2) is 17.7 Å². The van der Waals surface area contributed by atoms with Gasteiger partial charge in [-0.15, -0.1) is 0 Å². The van der Waals surface area contributed by atoms with Gasteiger partial charge >= 0.3 is 5.97 Å². The zero-order valence-corrected chi connectivity index (χ0v) is 17.3. The summed E-state index contributed by atoms with van der Waals surface area (Å²) in [5.41, 5.74) is 2.01. The van der Waals surface area contributed by atoms with Gasteiger partial charge in [0.2, 0.25) is 0 Å². The lowest BCUT2D eigenvalue weighted by Gasteiger charge is -2.40. The molecule has 0 fully saturated rings. The molecule has 0 heterocycles. The molecular formula is C23H34O4. The standard InChI is InChI=1S/C23H34O4/c1-6-7-8-9-15-13-18(24)20(21(25)19(15)22(26)27)16-12-14(2)10-11-17(16)23(3,4)5/h12-13,16-17,24-25H,6-11H2,1-5H3,(H,26,27). The van der Waals surface area contributed by atoms with Crippen LogP contribution >= 0.6 is 0 Å². The summed E-state index contributed by atoms with van der Waals surface area (Å²) in [4.78, 5) is 11.9. The van der Waals surface area contributed by atoms with E-state index in [1.807, 2.05) is 0 Å². The summed E-state index contributed by atoms with van der Waals surface area (Å²) in [6, 6.07) is 1.56. The van der Waals surface area contributed by atoms with E-state index in [1.165, 1.54) is 5.57 Å². The van der Waals surface area contributed by atoms with Crippen LogP contribution in [0.4, 0.5) is 0 Å². The smallest absolute Gasteiger partial charge is 0.339 e. The third-order valence-electron chi connectivity index (χ3n) is 5.86. The largest absolute Gasteiger partial charge is 0.507 e. The zero-order valence-electron chi connectivity index (χ0n) is 17.3. The third-order valence-corrected chi connectivity index (χ3v) is 5.86. The molecule has 0 saturated heterocycles. The fourth-order valence-electron chi connectivity index (χ4n) is 4.38. The number of hydrogen-bond donors (Lipinski definition) is 3. The van der Waals surface area contributed by atoms with E-state index in [1.54, 1.807) is 6.07 Å². The zero-order chi connectivity index (χ0) is 20.4. The molecule has 4 heteroatoms. The van der Waals surface area contributed by atoms with Gasteiger partial charge in [0, 0.05) is 11.5 Å². The van der Waals surface area contributed by atoms with E-state index >= 15 is 0 Å². The number of hydrogen-bond acceptors (Lipinski definition) is 3. The number of aromatic hydroxyl groups is 2. The number of aryl methyl sites for hydroxylation is 1. The summed E-state index contributed by atoms with van der Waals surface area (Å²) in [6.45, 7) is 10.6. The minimum atomic E-state index is -1.14. The van der Waals surface area contributed by atoms with Gasteiger partial charge in [0.05, 0.1) is 0 Å². The molecule has 2 atom stereocenters. The molecule has 0 aromatic heterocycles. The normalized spacial score (nSPS) is 20.4. The van der Waals surface area contributed by atoms with Crippen LogP contribution in [0.5, 0.6) is 11.5 Å². The monoisotopic (exact) mass is 374 g/mol. The number of carboxylic acid groups (broad SMARTS) is 1. The first kappa shape index (κ1) is 21.3. The molecule has 4 nitrogen and oxygen atoms in total. The number of rotatable bonds is 6. The number of phenols is 2. The van der Waals surface area contributed by atoms with Crippen molar-refractivity contribution in [1.82, 2.24) is 0 Å². The second-order valence-corrected chi connectivity index (χ2v) is 9.00. The van der Waals surface area contributed by atoms with Crippen molar-refractivity contribution >= 4 is 5.97 Å². The van der Waals surface area contributed by atoms with Crippen LogP contribution in [0.1, 0.15) is 94.1 Å². The quantitative estimate of drug-likeness (QED) is 0.420. The van der Waals surface area contributed by atoms with Crippen LogP contribution < -0.4 is 0 Å². The predicted octanol–water partition coefficient (Wildman–Crippen LogP) is 6.01. The molecule has 27 heavy (non-hydrogen) atoms. The van der Waals surface area contributed by atoms with Crippen LogP contribution in [0, 0.1) is 11.3 Å². The summed E-state index contributed by atoms with van der Waals surface area (Å²) in [5.74, 6) is -1.37. The first-order chi connectivity index (χ1) is 12.6. The second kappa shape index (κ2) is 8.37. The van der Waals surface area contributed by atoms with E-state index in [-0.39, 0.29) is 34.3 Å². The van der Waals surface area contributed by atoms with Crippen LogP contribution in [0.3, 0.4) is 0 Å². The van der Waals surface area contributed by atoms with Crippen molar-refractivity contribution in [3.63, 3.8) is 0 Å². The molecule has 0 aliphatic heterocycles. The van der Waals surface area contributed by atoms with Crippen molar-refractivity contribution in [3.05, 3.63) is 34.4 Å². The van der Waals surface area contributed by atoms with Gasteiger partial charge in [-0.05, 0) is 55.6 Å². The fraction of sp³-hybridized carbons (Fsp3) is 0.609. The van der Waals surface area contributed by atoms with Crippen molar-refractivity contribution < 1.29 is 20.1 Å². The Morgan fingerprint density at radius 3 is 2.44 bits per heavy atom. The van der Waals surface area contributed by atoms with Crippen LogP contribution in [0.25, 0.3) is 0 Å². The lowest BCUT2D eigenvalue weighted by molar-refractivity contribution is 0.0692. The molecule has 1 aliphatic carbocycles. The fourth-order valence-corrected chi connectivity index (χ4v) is 4.38. The first-order valence-electron chi connectivity index (χ1n) is 10.1. The summed E-state index contributed by atoms with van der Waals surface area (Å²) in [7, 11) is 0. The number of benzene rings is 1. The van der Waals surface area contributed by atoms with Crippen molar-refractivity contribution in [2.45, 2.75) is 79.1 Å². The van der Waals surface area contributed by atoms with Gasteiger partial charge in [-0.2, -0.15) is 0 Å². The number of aromatic carboxylic acids is 1. The molecule has 2 unspecified atom stereocenters. The Bertz CT molecular complexity index is 725. The minimum Gasteiger partial charge on any atom is -0.507 e. The summed E-state index contributed by atoms with van der Waals surface area (Å²) >= 11 is 0. The predicted molar refractivity (Wildman–Crippen MR) is 109 cm³/mol. The van der Waals surface area contributed by atoms with Crippen molar-refractivity contribution in [2.24, 2.45) is 11.3 Å². The average Bonchev–Trinajstić information content (AvgIpc) is 2.53. The average molecular weight is 375 g/mol. The summed E-state index contributed by atoms with van der Waals surface area (Å²) in [5, 5.41) is 31.4. The van der Waals surface area contributed by atoms with E-state index in [9.17, 15) is 20.1 Å². The van der Waals surface area contributed by atoms with Crippen LogP contribution in [0.2, 0.25) is 0 Å². The van der Waals surface area contributed by atoms with Gasteiger partial charge in [-0.25, -0.2) is 4.79 Å². The Morgan fingerprint density at radius 1 is 1.22 bits per heavy atom. The lowest BCUT2D eigenvalue weighted by atomic mass is 9.65. The van der Waals surface area contributed by atoms with Gasteiger partial charge < -0.3 is 15.3 Å². The Morgan fingerprint density at radius 2 is 1.89 bits per heavy atom. The third kappa shape index (κ3) is 4.66. The molecule has 0 spiro atoms. The Labute approximate surface area is 162 Å². The molecule has 0 amide bonds. The van der Waals surface area contributed by atoms with E-state index < -0.39 is 5.97 Å². The maximum Gasteiger partial charge on any atom is 0.339 e. The van der Waals surface area contributed by atoms with Crippen molar-refractivity contribution in [2.75, 3.05) is 0 Å². The number of allylic oxidation sites excluding steroid dienone is 2. The van der Waals surface area contributed by atoms with Gasteiger partial charge in [-0.3, -0.25) is 0 Å². The van der Waals surface area contributed by atoms with Gasteiger partial charge in [0.15, 0.2) is 0 Å². The highest BCUT2D eigenvalue weighted by Crippen LogP contribution is 2.51. The summed E-state index contributed by atoms with van der Waals surface area (Å²) < 4.78 is 0. The number of carbonyl (C=O) groups is 1. The molecule has 3 N–H and O–H groups in total. The molecule has 1 aliphatic rings. The maximum absolute atomic E-state index is 11.9. The van der Waals surface area contributed by atoms with Gasteiger partial charge in [0.1, 0.15) is 17.1 Å². The number of phenolic OH excluding ortho intramolecular Hbond substituents is 1. The molecule has 0 saturated carbocycles. The Balaban J connectivity index is 2.60. The Hall–Kier alpha value is -1.97. The van der Waals surface area contributed by atoms with Crippen LogP contribution in [-0.4, -0.2) is 21.3 Å². The highest BCUT2D eigenvalue weighted by Gasteiger charge is 2.38. The van der Waals surface area contributed by atoms with Crippen LogP contribution in [-0.2, 0) is 6.42 Å². The number of unbranched alkanes of at least 4 members (excludes halogenated alkanes) is 2. The van der Waals surface area contributed by atoms with Crippen molar-refractivity contribution in [1.29, 1.82) is 0 Å². The molecule has 0 bridgehead atoms. The van der Waals surface area contributed by atoms with Gasteiger partial charge in [0.25, 0.3) is 0 Å².